The Morgan fingerprint density at radius 1 is 1.10 bits per heavy atom. The minimum Gasteiger partial charge on any atom is -0.263 e. The maximum Gasteiger partial charge on any atom is 0.137 e. The van der Waals surface area contributed by atoms with E-state index in [0.717, 1.165) is 21.4 Å². The molecule has 0 aliphatic heterocycles. The molecule has 2 aromatic carbocycles. The lowest BCUT2D eigenvalue weighted by Gasteiger charge is -2.16. The van der Waals surface area contributed by atoms with Crippen molar-refractivity contribution in [1.29, 1.82) is 5.26 Å². The van der Waals surface area contributed by atoms with Gasteiger partial charge in [-0.15, -0.1) is 0 Å². The van der Waals surface area contributed by atoms with Gasteiger partial charge in [0.2, 0.25) is 0 Å². The summed E-state index contributed by atoms with van der Waals surface area (Å²) in [4.78, 5) is 4.28. The van der Waals surface area contributed by atoms with E-state index >= 15 is 0 Å². The third-order valence-corrected chi connectivity index (χ3v) is 3.83. The van der Waals surface area contributed by atoms with Crippen LogP contribution >= 0.6 is 15.9 Å². The maximum atomic E-state index is 9.35. The van der Waals surface area contributed by atoms with Gasteiger partial charge in [-0.3, -0.25) is 5.10 Å². The van der Waals surface area contributed by atoms with Crippen molar-refractivity contribution in [3.05, 3.63) is 81.8 Å². The quantitative estimate of drug-likeness (QED) is 0.793. The van der Waals surface area contributed by atoms with Gasteiger partial charge in [0, 0.05) is 4.47 Å². The number of aromatic nitrogens is 3. The standard InChI is InChI=1S/C16H11BrN4/c17-13-7-5-11(6-8-13)15(16-19-10-20-21-16)14-4-2-1-3-12(14)9-18/h1-8,10,15H,(H,19,20,21). The highest BCUT2D eigenvalue weighted by Gasteiger charge is 2.22. The summed E-state index contributed by atoms with van der Waals surface area (Å²) < 4.78 is 1.01. The van der Waals surface area contributed by atoms with E-state index in [1.54, 1.807) is 0 Å². The van der Waals surface area contributed by atoms with Crippen molar-refractivity contribution in [3.8, 4) is 6.07 Å². The van der Waals surface area contributed by atoms with Crippen LogP contribution < -0.4 is 0 Å². The number of nitrogens with one attached hydrogen (secondary N) is 1. The lowest BCUT2D eigenvalue weighted by molar-refractivity contribution is 0.859. The van der Waals surface area contributed by atoms with E-state index < -0.39 is 0 Å². The SMILES string of the molecule is N#Cc1ccccc1C(c1ccc(Br)cc1)c1ncn[nH]1. The van der Waals surface area contributed by atoms with E-state index in [4.69, 9.17) is 0 Å². The molecule has 21 heavy (non-hydrogen) atoms. The van der Waals surface area contributed by atoms with Crippen LogP contribution in [0.15, 0.2) is 59.3 Å². The monoisotopic (exact) mass is 338 g/mol. The highest BCUT2D eigenvalue weighted by molar-refractivity contribution is 9.10. The van der Waals surface area contributed by atoms with Crippen LogP contribution in [0.2, 0.25) is 0 Å². The topological polar surface area (TPSA) is 65.4 Å². The Morgan fingerprint density at radius 2 is 1.86 bits per heavy atom. The van der Waals surface area contributed by atoms with E-state index in [2.05, 4.69) is 37.2 Å². The van der Waals surface area contributed by atoms with Gasteiger partial charge in [0.25, 0.3) is 0 Å². The van der Waals surface area contributed by atoms with Crippen LogP contribution in [0.5, 0.6) is 0 Å². The number of hydrogen-bond acceptors (Lipinski definition) is 3. The van der Waals surface area contributed by atoms with Crippen molar-refractivity contribution >= 4 is 15.9 Å². The van der Waals surface area contributed by atoms with E-state index in [9.17, 15) is 5.26 Å². The first kappa shape index (κ1) is 13.5. The lowest BCUT2D eigenvalue weighted by Crippen LogP contribution is -2.07. The van der Waals surface area contributed by atoms with Gasteiger partial charge < -0.3 is 0 Å². The van der Waals surface area contributed by atoms with Crippen LogP contribution in [-0.2, 0) is 0 Å². The molecule has 1 unspecified atom stereocenters. The fourth-order valence-corrected chi connectivity index (χ4v) is 2.61. The summed E-state index contributed by atoms with van der Waals surface area (Å²) >= 11 is 3.44. The third-order valence-electron chi connectivity index (χ3n) is 3.30. The molecule has 0 aliphatic rings. The van der Waals surface area contributed by atoms with Gasteiger partial charge in [-0.25, -0.2) is 4.98 Å². The molecule has 3 aromatic rings. The second-order valence-electron chi connectivity index (χ2n) is 4.55. The van der Waals surface area contributed by atoms with Crippen molar-refractivity contribution in [3.63, 3.8) is 0 Å². The molecule has 102 valence electrons. The summed E-state index contributed by atoms with van der Waals surface area (Å²) in [7, 11) is 0. The first-order valence-electron chi connectivity index (χ1n) is 6.39. The predicted octanol–water partition coefficient (Wildman–Crippen LogP) is 3.62. The average molecular weight is 339 g/mol. The highest BCUT2D eigenvalue weighted by atomic mass is 79.9. The number of H-pyrrole nitrogens is 1. The number of rotatable bonds is 3. The Labute approximate surface area is 130 Å². The van der Waals surface area contributed by atoms with Gasteiger partial charge in [-0.05, 0) is 29.3 Å². The van der Waals surface area contributed by atoms with Crippen molar-refractivity contribution in [1.82, 2.24) is 15.2 Å². The van der Waals surface area contributed by atoms with E-state index in [0.29, 0.717) is 5.56 Å². The molecule has 0 saturated heterocycles. The van der Waals surface area contributed by atoms with Gasteiger partial charge in [0.05, 0.1) is 17.6 Å². The molecule has 1 heterocycles. The molecule has 1 N–H and O–H groups in total. The summed E-state index contributed by atoms with van der Waals surface area (Å²) in [6, 6.07) is 17.8. The summed E-state index contributed by atoms with van der Waals surface area (Å²) in [5.74, 6) is 0.580. The Morgan fingerprint density at radius 3 is 2.52 bits per heavy atom. The molecule has 5 heteroatoms. The van der Waals surface area contributed by atoms with Crippen LogP contribution in [0.3, 0.4) is 0 Å². The van der Waals surface area contributed by atoms with E-state index in [1.165, 1.54) is 6.33 Å². The van der Waals surface area contributed by atoms with Crippen molar-refractivity contribution in [2.75, 3.05) is 0 Å². The summed E-state index contributed by atoms with van der Waals surface area (Å²) in [6.45, 7) is 0. The van der Waals surface area contributed by atoms with Gasteiger partial charge in [-0.2, -0.15) is 10.4 Å². The average Bonchev–Trinajstić information content (AvgIpc) is 3.04. The molecule has 0 amide bonds. The molecule has 1 atom stereocenters. The van der Waals surface area contributed by atoms with Crippen LogP contribution in [-0.4, -0.2) is 15.2 Å². The van der Waals surface area contributed by atoms with E-state index in [-0.39, 0.29) is 5.92 Å². The Hall–Kier alpha value is -2.45. The van der Waals surface area contributed by atoms with Crippen LogP contribution in [0.25, 0.3) is 0 Å². The molecular formula is C16H11BrN4. The second kappa shape index (κ2) is 5.90. The number of nitriles is 1. The molecule has 4 nitrogen and oxygen atoms in total. The Kier molecular flexibility index (Phi) is 3.80. The zero-order valence-corrected chi connectivity index (χ0v) is 12.6. The molecule has 0 bridgehead atoms. The Balaban J connectivity index is 2.18. The first-order chi connectivity index (χ1) is 10.3. The molecule has 0 radical (unpaired) electrons. The molecule has 0 saturated carbocycles. The van der Waals surface area contributed by atoms with Crippen LogP contribution in [0.1, 0.15) is 28.4 Å². The molecule has 1 aromatic heterocycles. The fraction of sp³-hybridized carbons (Fsp3) is 0.0625. The smallest absolute Gasteiger partial charge is 0.137 e. The largest absolute Gasteiger partial charge is 0.263 e. The van der Waals surface area contributed by atoms with Gasteiger partial charge >= 0.3 is 0 Å². The third kappa shape index (κ3) is 2.71. The Bertz CT molecular complexity index is 773. The van der Waals surface area contributed by atoms with Crippen LogP contribution in [0.4, 0.5) is 0 Å². The lowest BCUT2D eigenvalue weighted by atomic mass is 9.88. The van der Waals surface area contributed by atoms with Crippen molar-refractivity contribution < 1.29 is 0 Å². The first-order valence-corrected chi connectivity index (χ1v) is 7.18. The van der Waals surface area contributed by atoms with Gasteiger partial charge in [0.1, 0.15) is 12.2 Å². The molecular weight excluding hydrogens is 328 g/mol. The van der Waals surface area contributed by atoms with Gasteiger partial charge in [-0.1, -0.05) is 46.3 Å². The minimum atomic E-state index is -0.142. The zero-order valence-electron chi connectivity index (χ0n) is 11.0. The van der Waals surface area contributed by atoms with E-state index in [1.807, 2.05) is 48.5 Å². The number of hydrogen-bond donors (Lipinski definition) is 1. The number of benzene rings is 2. The number of aromatic amines is 1. The maximum absolute atomic E-state index is 9.35. The molecule has 3 rings (SSSR count). The number of nitrogens with zero attached hydrogens (tertiary/aromatic N) is 3. The highest BCUT2D eigenvalue weighted by Crippen LogP contribution is 2.32. The minimum absolute atomic E-state index is 0.142. The summed E-state index contributed by atoms with van der Waals surface area (Å²) in [6.07, 6.45) is 1.48. The molecule has 0 fully saturated rings. The normalized spacial score (nSPS) is 11.8. The predicted molar refractivity (Wildman–Crippen MR) is 82.6 cm³/mol. The zero-order chi connectivity index (χ0) is 14.7. The fourth-order valence-electron chi connectivity index (χ4n) is 2.34. The molecule has 0 aliphatic carbocycles. The number of halogens is 1. The van der Waals surface area contributed by atoms with Gasteiger partial charge in [0.15, 0.2) is 0 Å². The summed E-state index contributed by atoms with van der Waals surface area (Å²) in [5.41, 5.74) is 2.61. The summed E-state index contributed by atoms with van der Waals surface area (Å²) in [5, 5.41) is 16.2. The van der Waals surface area contributed by atoms with Crippen molar-refractivity contribution in [2.24, 2.45) is 0 Å². The van der Waals surface area contributed by atoms with Crippen molar-refractivity contribution in [2.45, 2.75) is 5.92 Å². The second-order valence-corrected chi connectivity index (χ2v) is 5.47. The van der Waals surface area contributed by atoms with Crippen LogP contribution in [0, 0.1) is 11.3 Å². The molecule has 0 spiro atoms.